The maximum absolute atomic E-state index is 5.88. The predicted molar refractivity (Wildman–Crippen MR) is 57.7 cm³/mol. The van der Waals surface area contributed by atoms with Gasteiger partial charge in [-0.2, -0.15) is 0 Å². The molecule has 2 unspecified atom stereocenters. The summed E-state index contributed by atoms with van der Waals surface area (Å²) in [5.41, 5.74) is 6.28. The maximum atomic E-state index is 5.88. The van der Waals surface area contributed by atoms with E-state index in [4.69, 9.17) is 5.73 Å². The number of hydrogen-bond donors (Lipinski definition) is 1. The first kappa shape index (κ1) is 11.0. The Morgan fingerprint density at radius 2 is 2.00 bits per heavy atom. The topological polar surface area (TPSA) is 29.3 Å². The molecule has 0 amide bonds. The van der Waals surface area contributed by atoms with Crippen molar-refractivity contribution in [1.82, 2.24) is 4.90 Å². The fraction of sp³-hybridized carbons (Fsp3) is 1.00. The fourth-order valence-corrected chi connectivity index (χ4v) is 2.02. The van der Waals surface area contributed by atoms with Crippen molar-refractivity contribution in [3.05, 3.63) is 0 Å². The Morgan fingerprint density at radius 3 is 2.38 bits per heavy atom. The molecule has 0 aromatic carbocycles. The highest BCUT2D eigenvalue weighted by atomic mass is 15.2. The Bertz CT molecular complexity index is 163. The molecule has 2 atom stereocenters. The standard InChI is InChI=1S/C11H24N2/c1-9(10(2)12)8-13-7-5-6-11(13,3)4/h9-10H,5-8,12H2,1-4H3. The molecule has 1 aliphatic rings. The van der Waals surface area contributed by atoms with Crippen LogP contribution in [0.1, 0.15) is 40.5 Å². The van der Waals surface area contributed by atoms with Crippen LogP contribution in [0.3, 0.4) is 0 Å². The summed E-state index contributed by atoms with van der Waals surface area (Å²) in [6, 6.07) is 0.316. The van der Waals surface area contributed by atoms with Crippen LogP contribution >= 0.6 is 0 Å². The largest absolute Gasteiger partial charge is 0.328 e. The van der Waals surface area contributed by atoms with Gasteiger partial charge in [0.2, 0.25) is 0 Å². The van der Waals surface area contributed by atoms with Gasteiger partial charge in [-0.15, -0.1) is 0 Å². The molecule has 13 heavy (non-hydrogen) atoms. The van der Waals surface area contributed by atoms with Crippen LogP contribution in [0, 0.1) is 5.92 Å². The van der Waals surface area contributed by atoms with Crippen molar-refractivity contribution < 1.29 is 0 Å². The molecule has 1 heterocycles. The summed E-state index contributed by atoms with van der Waals surface area (Å²) in [5.74, 6) is 0.609. The van der Waals surface area contributed by atoms with Gasteiger partial charge in [0.15, 0.2) is 0 Å². The molecule has 2 heteroatoms. The van der Waals surface area contributed by atoms with Crippen LogP contribution in [-0.2, 0) is 0 Å². The zero-order chi connectivity index (χ0) is 10.1. The minimum absolute atomic E-state index is 0.316. The first-order valence-corrected chi connectivity index (χ1v) is 5.44. The highest BCUT2D eigenvalue weighted by molar-refractivity contribution is 4.89. The van der Waals surface area contributed by atoms with E-state index in [1.807, 2.05) is 0 Å². The molecule has 2 N–H and O–H groups in total. The molecule has 1 aliphatic heterocycles. The lowest BCUT2D eigenvalue weighted by molar-refractivity contribution is 0.145. The molecule has 2 nitrogen and oxygen atoms in total. The van der Waals surface area contributed by atoms with Gasteiger partial charge < -0.3 is 5.73 Å². The summed E-state index contributed by atoms with van der Waals surface area (Å²) in [5, 5.41) is 0. The predicted octanol–water partition coefficient (Wildman–Crippen LogP) is 1.84. The number of rotatable bonds is 3. The van der Waals surface area contributed by atoms with E-state index in [-0.39, 0.29) is 0 Å². The molecule has 1 rings (SSSR count). The van der Waals surface area contributed by atoms with Crippen LogP contribution in [0.15, 0.2) is 0 Å². The molecule has 1 saturated heterocycles. The second kappa shape index (κ2) is 3.97. The van der Waals surface area contributed by atoms with Crippen molar-refractivity contribution in [2.24, 2.45) is 11.7 Å². The van der Waals surface area contributed by atoms with E-state index in [1.54, 1.807) is 0 Å². The van der Waals surface area contributed by atoms with Crippen LogP contribution in [0.2, 0.25) is 0 Å². The van der Waals surface area contributed by atoms with E-state index < -0.39 is 0 Å². The third kappa shape index (κ3) is 2.68. The van der Waals surface area contributed by atoms with Crippen LogP contribution in [0.5, 0.6) is 0 Å². The van der Waals surface area contributed by atoms with Crippen LogP contribution in [-0.4, -0.2) is 29.6 Å². The van der Waals surface area contributed by atoms with Crippen molar-refractivity contribution in [3.8, 4) is 0 Å². The zero-order valence-electron chi connectivity index (χ0n) is 9.51. The molecule has 0 bridgehead atoms. The van der Waals surface area contributed by atoms with Gasteiger partial charge in [0.1, 0.15) is 0 Å². The molecular formula is C11H24N2. The maximum Gasteiger partial charge on any atom is 0.0153 e. The lowest BCUT2D eigenvalue weighted by Gasteiger charge is -2.34. The van der Waals surface area contributed by atoms with Crippen LogP contribution in [0.4, 0.5) is 0 Å². The van der Waals surface area contributed by atoms with Crippen molar-refractivity contribution in [1.29, 1.82) is 0 Å². The number of likely N-dealkylation sites (tertiary alicyclic amines) is 1. The summed E-state index contributed by atoms with van der Waals surface area (Å²) in [6.07, 6.45) is 2.68. The van der Waals surface area contributed by atoms with Gasteiger partial charge >= 0.3 is 0 Å². The minimum Gasteiger partial charge on any atom is -0.328 e. The van der Waals surface area contributed by atoms with Crippen LogP contribution in [0.25, 0.3) is 0 Å². The normalized spacial score (nSPS) is 27.5. The van der Waals surface area contributed by atoms with Gasteiger partial charge in [-0.25, -0.2) is 0 Å². The van der Waals surface area contributed by atoms with Gasteiger partial charge in [0.05, 0.1) is 0 Å². The molecule has 0 saturated carbocycles. The molecule has 78 valence electrons. The molecule has 0 aromatic heterocycles. The van der Waals surface area contributed by atoms with Crippen LogP contribution < -0.4 is 5.73 Å². The second-order valence-electron chi connectivity index (χ2n) is 5.20. The lowest BCUT2D eigenvalue weighted by Crippen LogP contribution is -2.43. The summed E-state index contributed by atoms with van der Waals surface area (Å²) in [6.45, 7) is 11.4. The summed E-state index contributed by atoms with van der Waals surface area (Å²) >= 11 is 0. The number of hydrogen-bond acceptors (Lipinski definition) is 2. The lowest BCUT2D eigenvalue weighted by atomic mass is 9.99. The smallest absolute Gasteiger partial charge is 0.0153 e. The van der Waals surface area contributed by atoms with Gasteiger partial charge in [0, 0.05) is 18.1 Å². The molecule has 1 fully saturated rings. The van der Waals surface area contributed by atoms with Crippen molar-refractivity contribution in [3.63, 3.8) is 0 Å². The summed E-state index contributed by atoms with van der Waals surface area (Å²) in [7, 11) is 0. The minimum atomic E-state index is 0.316. The van der Waals surface area contributed by atoms with Crippen molar-refractivity contribution in [2.75, 3.05) is 13.1 Å². The third-order valence-corrected chi connectivity index (χ3v) is 3.48. The van der Waals surface area contributed by atoms with Crippen molar-refractivity contribution in [2.45, 2.75) is 52.1 Å². The second-order valence-corrected chi connectivity index (χ2v) is 5.20. The van der Waals surface area contributed by atoms with E-state index in [0.717, 1.165) is 6.54 Å². The first-order valence-electron chi connectivity index (χ1n) is 5.44. The van der Waals surface area contributed by atoms with E-state index >= 15 is 0 Å². The third-order valence-electron chi connectivity index (χ3n) is 3.48. The van der Waals surface area contributed by atoms with Gasteiger partial charge in [0.25, 0.3) is 0 Å². The Hall–Kier alpha value is -0.0800. The van der Waals surface area contributed by atoms with E-state index in [2.05, 4.69) is 32.6 Å². The molecular weight excluding hydrogens is 160 g/mol. The quantitative estimate of drug-likeness (QED) is 0.725. The van der Waals surface area contributed by atoms with E-state index in [1.165, 1.54) is 19.4 Å². The van der Waals surface area contributed by atoms with E-state index in [0.29, 0.717) is 17.5 Å². The Labute approximate surface area is 82.5 Å². The Balaban J connectivity index is 2.45. The van der Waals surface area contributed by atoms with Gasteiger partial charge in [-0.3, -0.25) is 4.90 Å². The summed E-state index contributed by atoms with van der Waals surface area (Å²) < 4.78 is 0. The Morgan fingerprint density at radius 1 is 1.38 bits per heavy atom. The monoisotopic (exact) mass is 184 g/mol. The van der Waals surface area contributed by atoms with Crippen molar-refractivity contribution >= 4 is 0 Å². The van der Waals surface area contributed by atoms with Gasteiger partial charge in [-0.05, 0) is 46.1 Å². The Kier molecular flexibility index (Phi) is 3.36. The number of nitrogens with two attached hydrogens (primary N) is 1. The molecule has 0 aromatic rings. The SMILES string of the molecule is CC(N)C(C)CN1CCCC1(C)C. The zero-order valence-corrected chi connectivity index (χ0v) is 9.51. The molecule has 0 aliphatic carbocycles. The summed E-state index contributed by atoms with van der Waals surface area (Å²) in [4.78, 5) is 2.58. The van der Waals surface area contributed by atoms with Gasteiger partial charge in [-0.1, -0.05) is 6.92 Å². The highest BCUT2D eigenvalue weighted by Crippen LogP contribution is 2.28. The average molecular weight is 184 g/mol. The number of nitrogens with zero attached hydrogens (tertiary/aromatic N) is 1. The first-order chi connectivity index (χ1) is 5.93. The highest BCUT2D eigenvalue weighted by Gasteiger charge is 2.32. The average Bonchev–Trinajstić information content (AvgIpc) is 2.30. The van der Waals surface area contributed by atoms with E-state index in [9.17, 15) is 0 Å². The molecule has 0 radical (unpaired) electrons. The molecule has 0 spiro atoms. The fourth-order valence-electron chi connectivity index (χ4n) is 2.02.